The van der Waals surface area contributed by atoms with Crippen molar-refractivity contribution >= 4 is 0 Å². The zero-order valence-corrected chi connectivity index (χ0v) is 9.39. The lowest BCUT2D eigenvalue weighted by Gasteiger charge is -2.01. The molecule has 0 heterocycles. The first-order chi connectivity index (χ1) is 6.45. The predicted molar refractivity (Wildman–Crippen MR) is 59.3 cm³/mol. The van der Waals surface area contributed by atoms with Crippen LogP contribution in [0.5, 0.6) is 0 Å². The van der Waals surface area contributed by atoms with Crippen LogP contribution in [0.15, 0.2) is 48.0 Å². The average molecular weight is 194 g/mol. The Hall–Kier alpha value is -1.44. The normalized spacial score (nSPS) is 12.3. The van der Waals surface area contributed by atoms with Gasteiger partial charge in [-0.15, -0.1) is 0 Å². The van der Waals surface area contributed by atoms with E-state index in [0.29, 0.717) is 0 Å². The van der Waals surface area contributed by atoms with Gasteiger partial charge in [-0.05, 0) is 38.8 Å². The van der Waals surface area contributed by atoms with E-state index in [-0.39, 0.29) is 0 Å². The van der Waals surface area contributed by atoms with Crippen LogP contribution < -0.4 is 0 Å². The van der Waals surface area contributed by atoms with Gasteiger partial charge >= 0.3 is 0 Å². The van der Waals surface area contributed by atoms with Gasteiger partial charge in [0.05, 0.1) is 0 Å². The van der Waals surface area contributed by atoms with Crippen molar-refractivity contribution in [2.75, 3.05) is 0 Å². The summed E-state index contributed by atoms with van der Waals surface area (Å²) in [5.74, 6) is 0. The molecule has 0 unspecified atom stereocenters. The Kier molecular flexibility index (Phi) is 5.46. The molecular formula is C12H18O2. The lowest BCUT2D eigenvalue weighted by molar-refractivity contribution is -0.197. The fourth-order valence-corrected chi connectivity index (χ4v) is 0.401. The minimum absolute atomic E-state index is 0.950. The highest BCUT2D eigenvalue weighted by molar-refractivity contribution is 5.22. The summed E-state index contributed by atoms with van der Waals surface area (Å²) in [6.07, 6.45) is 3.04. The molecule has 0 bridgehead atoms. The second kappa shape index (κ2) is 6.08. The first-order valence-corrected chi connectivity index (χ1v) is 4.42. The Morgan fingerprint density at radius 2 is 1.07 bits per heavy atom. The van der Waals surface area contributed by atoms with Crippen LogP contribution in [0.4, 0.5) is 0 Å². The zero-order valence-electron chi connectivity index (χ0n) is 9.39. The van der Waals surface area contributed by atoms with Gasteiger partial charge in [0, 0.05) is 0 Å². The molecule has 2 nitrogen and oxygen atoms in total. The second-order valence-electron chi connectivity index (χ2n) is 3.35. The van der Waals surface area contributed by atoms with Crippen LogP contribution in [0.1, 0.15) is 27.7 Å². The van der Waals surface area contributed by atoms with Crippen molar-refractivity contribution in [2.45, 2.75) is 27.7 Å². The van der Waals surface area contributed by atoms with Crippen LogP contribution in [-0.2, 0) is 9.78 Å². The molecule has 0 amide bonds. The van der Waals surface area contributed by atoms with Gasteiger partial charge in [-0.25, -0.2) is 0 Å². The first kappa shape index (κ1) is 12.6. The molecule has 0 fully saturated rings. The smallest absolute Gasteiger partial charge is 0.145 e. The summed E-state index contributed by atoms with van der Waals surface area (Å²) in [5.41, 5.74) is 3.81. The number of allylic oxidation sites excluding steroid dienone is 4. The molecule has 0 aliphatic carbocycles. The summed E-state index contributed by atoms with van der Waals surface area (Å²) in [6, 6.07) is 0. The Labute approximate surface area is 86.2 Å². The summed E-state index contributed by atoms with van der Waals surface area (Å²) in [7, 11) is 0. The maximum Gasteiger partial charge on any atom is 0.145 e. The molecule has 2 heteroatoms. The predicted octanol–water partition coefficient (Wildman–Crippen LogP) is 3.89. The van der Waals surface area contributed by atoms with Crippen molar-refractivity contribution in [1.29, 1.82) is 0 Å². The Morgan fingerprint density at radius 3 is 1.29 bits per heavy atom. The summed E-state index contributed by atoms with van der Waals surface area (Å²) in [5, 5.41) is 0. The van der Waals surface area contributed by atoms with Crippen LogP contribution >= 0.6 is 0 Å². The van der Waals surface area contributed by atoms with Gasteiger partial charge in [-0.1, -0.05) is 24.3 Å². The molecule has 0 spiro atoms. The highest BCUT2D eigenvalue weighted by Gasteiger charge is 1.91. The summed E-state index contributed by atoms with van der Waals surface area (Å²) < 4.78 is 0. The topological polar surface area (TPSA) is 18.5 Å². The molecule has 0 radical (unpaired) electrons. The molecule has 0 aromatic heterocycles. The van der Waals surface area contributed by atoms with Gasteiger partial charge in [0.25, 0.3) is 0 Å². The Balaban J connectivity index is 3.98. The molecule has 78 valence electrons. The van der Waals surface area contributed by atoms with Crippen molar-refractivity contribution in [3.05, 3.63) is 48.0 Å². The minimum Gasteiger partial charge on any atom is -0.298 e. The number of hydrogen-bond acceptors (Lipinski definition) is 2. The zero-order chi connectivity index (χ0) is 11.1. The molecular weight excluding hydrogens is 176 g/mol. The van der Waals surface area contributed by atoms with Crippen LogP contribution in [0.3, 0.4) is 0 Å². The van der Waals surface area contributed by atoms with Gasteiger partial charge < -0.3 is 0 Å². The van der Waals surface area contributed by atoms with E-state index in [9.17, 15) is 0 Å². The van der Waals surface area contributed by atoms with Crippen molar-refractivity contribution in [1.82, 2.24) is 0 Å². The molecule has 0 aromatic carbocycles. The standard InChI is InChI=1S/C12H18O2/c1-9(2)11(5)7-13-14-8-12(6)10(3)4/h7-8H,1,3H2,2,4-6H3. The molecule has 14 heavy (non-hydrogen) atoms. The van der Waals surface area contributed by atoms with E-state index in [1.807, 2.05) is 27.7 Å². The quantitative estimate of drug-likeness (QED) is 0.217. The van der Waals surface area contributed by atoms with Gasteiger partial charge in [-0.3, -0.25) is 9.78 Å². The molecule has 0 aliphatic rings. The van der Waals surface area contributed by atoms with E-state index < -0.39 is 0 Å². The van der Waals surface area contributed by atoms with Crippen LogP contribution in [0.25, 0.3) is 0 Å². The van der Waals surface area contributed by atoms with E-state index in [4.69, 9.17) is 9.78 Å². The third kappa shape index (κ3) is 5.25. The van der Waals surface area contributed by atoms with Gasteiger partial charge in [0.15, 0.2) is 0 Å². The Morgan fingerprint density at radius 1 is 0.786 bits per heavy atom. The summed E-state index contributed by atoms with van der Waals surface area (Å²) >= 11 is 0. The molecule has 0 saturated carbocycles. The van der Waals surface area contributed by atoms with E-state index in [1.165, 1.54) is 12.5 Å². The van der Waals surface area contributed by atoms with Crippen LogP contribution in [-0.4, -0.2) is 0 Å². The van der Waals surface area contributed by atoms with Crippen LogP contribution in [0, 0.1) is 0 Å². The van der Waals surface area contributed by atoms with Crippen molar-refractivity contribution < 1.29 is 9.78 Å². The summed E-state index contributed by atoms with van der Waals surface area (Å²) in [6.45, 7) is 15.1. The van der Waals surface area contributed by atoms with E-state index >= 15 is 0 Å². The highest BCUT2D eigenvalue weighted by atomic mass is 17.2. The third-order valence-corrected chi connectivity index (χ3v) is 1.85. The summed E-state index contributed by atoms with van der Waals surface area (Å²) in [4.78, 5) is 9.67. The molecule has 0 N–H and O–H groups in total. The van der Waals surface area contributed by atoms with E-state index in [0.717, 1.165) is 22.3 Å². The fourth-order valence-electron chi connectivity index (χ4n) is 0.401. The Bertz CT molecular complexity index is 253. The van der Waals surface area contributed by atoms with Crippen molar-refractivity contribution in [3.8, 4) is 0 Å². The van der Waals surface area contributed by atoms with Crippen molar-refractivity contribution in [3.63, 3.8) is 0 Å². The third-order valence-electron chi connectivity index (χ3n) is 1.85. The van der Waals surface area contributed by atoms with Gasteiger partial charge in [-0.2, -0.15) is 0 Å². The van der Waals surface area contributed by atoms with Crippen molar-refractivity contribution in [2.24, 2.45) is 0 Å². The lowest BCUT2D eigenvalue weighted by atomic mass is 10.2. The largest absolute Gasteiger partial charge is 0.298 e. The van der Waals surface area contributed by atoms with Gasteiger partial charge in [0.2, 0.25) is 0 Å². The van der Waals surface area contributed by atoms with E-state index in [2.05, 4.69) is 13.2 Å². The molecule has 0 aromatic rings. The monoisotopic (exact) mass is 194 g/mol. The van der Waals surface area contributed by atoms with Crippen LogP contribution in [0.2, 0.25) is 0 Å². The lowest BCUT2D eigenvalue weighted by Crippen LogP contribution is -1.85. The number of rotatable bonds is 5. The molecule has 0 aliphatic heterocycles. The minimum atomic E-state index is 0.950. The molecule has 0 rings (SSSR count). The highest BCUT2D eigenvalue weighted by Crippen LogP contribution is 2.07. The van der Waals surface area contributed by atoms with E-state index in [1.54, 1.807) is 0 Å². The maximum atomic E-state index is 4.84. The van der Waals surface area contributed by atoms with Gasteiger partial charge in [0.1, 0.15) is 12.5 Å². The average Bonchev–Trinajstić information content (AvgIpc) is 2.11. The SMILES string of the molecule is C=C(C)C(C)=COOC=C(C)C(=C)C. The number of hydrogen-bond donors (Lipinski definition) is 0. The molecule has 0 atom stereocenters. The second-order valence-corrected chi connectivity index (χ2v) is 3.35. The maximum absolute atomic E-state index is 4.84. The molecule has 0 saturated heterocycles. The first-order valence-electron chi connectivity index (χ1n) is 4.42. The fraction of sp³-hybridized carbons (Fsp3) is 0.333.